The molecule has 0 saturated carbocycles. The molecule has 0 saturated heterocycles. The van der Waals surface area contributed by atoms with Crippen LogP contribution in [0.15, 0.2) is 75.2 Å². The molecule has 0 aliphatic rings. The monoisotopic (exact) mass is 572 g/mol. The summed E-state index contributed by atoms with van der Waals surface area (Å²) in [5, 5.41) is 12.3. The summed E-state index contributed by atoms with van der Waals surface area (Å²) in [5.41, 5.74) is 1.73. The minimum atomic E-state index is -0.535. The summed E-state index contributed by atoms with van der Waals surface area (Å²) >= 11 is 6.81. The third-order valence-corrected chi connectivity index (χ3v) is 5.57. The van der Waals surface area contributed by atoms with Crippen molar-refractivity contribution >= 4 is 49.5 Å². The van der Waals surface area contributed by atoms with Gasteiger partial charge in [-0.15, -0.1) is 0 Å². The number of nitrogens with one attached hydrogen (secondary N) is 1. The molecule has 8 heteroatoms. The Labute approximate surface area is 208 Å². The fraction of sp³-hybridized carbons (Fsp3) is 0.120. The second kappa shape index (κ2) is 11.6. The number of nitriles is 1. The number of nitrogens with zero attached hydrogens (tertiary/aromatic N) is 1. The highest BCUT2D eigenvalue weighted by Crippen LogP contribution is 2.35. The third kappa shape index (κ3) is 6.91. The predicted octanol–water partition coefficient (Wildman–Crippen LogP) is 6.87. The number of ether oxygens (including phenoxy) is 2. The molecule has 33 heavy (non-hydrogen) atoms. The number of rotatable bonds is 8. The number of hydrogen-bond acceptors (Lipinski definition) is 4. The number of carbonyl (C=O) groups excluding carboxylic acids is 1. The van der Waals surface area contributed by atoms with Gasteiger partial charge in [0.1, 0.15) is 24.1 Å². The Hall–Kier alpha value is -3.15. The van der Waals surface area contributed by atoms with Crippen molar-refractivity contribution in [2.45, 2.75) is 13.5 Å². The van der Waals surface area contributed by atoms with Crippen molar-refractivity contribution in [3.05, 3.63) is 92.1 Å². The van der Waals surface area contributed by atoms with Crippen molar-refractivity contribution in [3.8, 4) is 17.6 Å². The van der Waals surface area contributed by atoms with Crippen LogP contribution in [0, 0.1) is 17.1 Å². The molecule has 0 heterocycles. The van der Waals surface area contributed by atoms with Gasteiger partial charge in [0.25, 0.3) is 5.91 Å². The van der Waals surface area contributed by atoms with E-state index in [0.717, 1.165) is 4.47 Å². The third-order valence-electron chi connectivity index (χ3n) is 4.39. The van der Waals surface area contributed by atoms with Gasteiger partial charge in [-0.05, 0) is 66.6 Å². The normalized spacial score (nSPS) is 10.9. The Balaban J connectivity index is 1.85. The lowest BCUT2D eigenvalue weighted by molar-refractivity contribution is -0.112. The van der Waals surface area contributed by atoms with E-state index in [1.54, 1.807) is 42.5 Å². The first-order valence-corrected chi connectivity index (χ1v) is 11.5. The van der Waals surface area contributed by atoms with Crippen molar-refractivity contribution in [2.24, 2.45) is 0 Å². The number of carbonyl (C=O) groups is 1. The maximum atomic E-state index is 13.4. The van der Waals surface area contributed by atoms with E-state index < -0.39 is 5.91 Å². The van der Waals surface area contributed by atoms with Crippen molar-refractivity contribution in [1.29, 1.82) is 5.26 Å². The Morgan fingerprint density at radius 1 is 1.09 bits per heavy atom. The molecule has 5 nitrogen and oxygen atoms in total. The van der Waals surface area contributed by atoms with Crippen LogP contribution in [0.25, 0.3) is 6.08 Å². The molecule has 0 fully saturated rings. The van der Waals surface area contributed by atoms with E-state index in [0.29, 0.717) is 39.4 Å². The molecule has 0 spiro atoms. The van der Waals surface area contributed by atoms with Crippen LogP contribution < -0.4 is 14.8 Å². The van der Waals surface area contributed by atoms with E-state index in [1.165, 1.54) is 18.2 Å². The van der Waals surface area contributed by atoms with Gasteiger partial charge in [-0.2, -0.15) is 5.26 Å². The molecular weight excluding hydrogens is 555 g/mol. The van der Waals surface area contributed by atoms with Gasteiger partial charge in [-0.1, -0.05) is 50.1 Å². The van der Waals surface area contributed by atoms with Gasteiger partial charge in [-0.25, -0.2) is 4.39 Å². The van der Waals surface area contributed by atoms with E-state index in [4.69, 9.17) is 9.47 Å². The van der Waals surface area contributed by atoms with Crippen LogP contribution in [0.1, 0.15) is 18.1 Å². The lowest BCUT2D eigenvalue weighted by Crippen LogP contribution is -2.13. The highest BCUT2D eigenvalue weighted by molar-refractivity contribution is 9.10. The lowest BCUT2D eigenvalue weighted by atomic mass is 10.1. The maximum Gasteiger partial charge on any atom is 0.266 e. The highest BCUT2D eigenvalue weighted by atomic mass is 79.9. The molecule has 0 unspecified atom stereocenters. The summed E-state index contributed by atoms with van der Waals surface area (Å²) < 4.78 is 26.4. The van der Waals surface area contributed by atoms with Gasteiger partial charge in [0.05, 0.1) is 6.61 Å². The Kier molecular flexibility index (Phi) is 8.64. The van der Waals surface area contributed by atoms with Crippen LogP contribution in [0.5, 0.6) is 11.5 Å². The molecular formula is C25H19Br2FN2O3. The molecule has 0 aliphatic carbocycles. The molecule has 0 aromatic heterocycles. The number of hydrogen-bond donors (Lipinski definition) is 1. The second-order valence-corrected chi connectivity index (χ2v) is 8.58. The first-order valence-electron chi connectivity index (χ1n) is 9.92. The molecule has 1 N–H and O–H groups in total. The molecule has 168 valence electrons. The largest absolute Gasteiger partial charge is 0.490 e. The molecule has 0 bridgehead atoms. The van der Waals surface area contributed by atoms with Gasteiger partial charge >= 0.3 is 0 Å². The van der Waals surface area contributed by atoms with E-state index in [-0.39, 0.29) is 18.0 Å². The fourth-order valence-corrected chi connectivity index (χ4v) is 3.74. The van der Waals surface area contributed by atoms with E-state index >= 15 is 0 Å². The zero-order chi connectivity index (χ0) is 23.8. The molecule has 3 rings (SSSR count). The zero-order valence-corrected chi connectivity index (χ0v) is 20.7. The fourth-order valence-electron chi connectivity index (χ4n) is 2.90. The first kappa shape index (κ1) is 24.5. The van der Waals surface area contributed by atoms with Crippen molar-refractivity contribution in [3.63, 3.8) is 0 Å². The van der Waals surface area contributed by atoms with Gasteiger partial charge in [0, 0.05) is 14.6 Å². The lowest BCUT2D eigenvalue weighted by Gasteiger charge is -2.14. The van der Waals surface area contributed by atoms with Gasteiger partial charge in [0.2, 0.25) is 0 Å². The number of halogens is 3. The standard InChI is InChI=1S/C25H19Br2FN2O3/c1-2-32-23-11-17(10-18(14-29)25(31)30-21-8-4-6-19(26)12-21)22(27)13-24(23)33-15-16-5-3-7-20(28)9-16/h3-13H,2,15H2,1H3,(H,30,31)/b18-10-. The average Bonchev–Trinajstić information content (AvgIpc) is 2.78. The second-order valence-electron chi connectivity index (χ2n) is 6.81. The van der Waals surface area contributed by atoms with Crippen molar-refractivity contribution in [1.82, 2.24) is 0 Å². The first-order chi connectivity index (χ1) is 15.9. The number of benzene rings is 3. The average molecular weight is 574 g/mol. The molecule has 0 radical (unpaired) electrons. The Morgan fingerprint density at radius 3 is 2.55 bits per heavy atom. The van der Waals surface area contributed by atoms with Crippen molar-refractivity contribution < 1.29 is 18.7 Å². The summed E-state index contributed by atoms with van der Waals surface area (Å²) in [6.07, 6.45) is 1.47. The van der Waals surface area contributed by atoms with E-state index in [2.05, 4.69) is 37.2 Å². The Morgan fingerprint density at radius 2 is 1.85 bits per heavy atom. The number of amides is 1. The summed E-state index contributed by atoms with van der Waals surface area (Å²) in [5.74, 6) is 0.00938. The SMILES string of the molecule is CCOc1cc(/C=C(/C#N)C(=O)Nc2cccc(Br)c2)c(Br)cc1OCc1cccc(F)c1. The summed E-state index contributed by atoms with van der Waals surface area (Å²) in [6, 6.07) is 18.5. The van der Waals surface area contributed by atoms with Crippen LogP contribution >= 0.6 is 31.9 Å². The topological polar surface area (TPSA) is 71.3 Å². The van der Waals surface area contributed by atoms with Crippen LogP contribution in [-0.2, 0) is 11.4 Å². The quantitative estimate of drug-likeness (QED) is 0.236. The molecule has 1 amide bonds. The molecule has 3 aromatic rings. The Bertz CT molecular complexity index is 1240. The van der Waals surface area contributed by atoms with Crippen molar-refractivity contribution in [2.75, 3.05) is 11.9 Å². The molecule has 3 aromatic carbocycles. The maximum absolute atomic E-state index is 13.4. The van der Waals surface area contributed by atoms with Gasteiger partial charge < -0.3 is 14.8 Å². The van der Waals surface area contributed by atoms with Crippen LogP contribution in [0.2, 0.25) is 0 Å². The smallest absolute Gasteiger partial charge is 0.266 e. The summed E-state index contributed by atoms with van der Waals surface area (Å²) in [7, 11) is 0. The predicted molar refractivity (Wildman–Crippen MR) is 132 cm³/mol. The summed E-state index contributed by atoms with van der Waals surface area (Å²) in [6.45, 7) is 2.37. The van der Waals surface area contributed by atoms with Gasteiger partial charge in [-0.3, -0.25) is 4.79 Å². The van der Waals surface area contributed by atoms with Crippen LogP contribution in [0.4, 0.5) is 10.1 Å². The molecule has 0 atom stereocenters. The highest BCUT2D eigenvalue weighted by Gasteiger charge is 2.14. The van der Waals surface area contributed by atoms with E-state index in [1.807, 2.05) is 19.1 Å². The van der Waals surface area contributed by atoms with Crippen LogP contribution in [0.3, 0.4) is 0 Å². The number of anilines is 1. The minimum Gasteiger partial charge on any atom is -0.490 e. The minimum absolute atomic E-state index is 0.0773. The van der Waals surface area contributed by atoms with Gasteiger partial charge in [0.15, 0.2) is 11.5 Å². The van der Waals surface area contributed by atoms with E-state index in [9.17, 15) is 14.4 Å². The summed E-state index contributed by atoms with van der Waals surface area (Å²) in [4.78, 5) is 12.6. The zero-order valence-electron chi connectivity index (χ0n) is 17.6. The molecule has 0 aliphatic heterocycles. The van der Waals surface area contributed by atoms with Crippen LogP contribution in [-0.4, -0.2) is 12.5 Å².